The third-order valence-electron chi connectivity index (χ3n) is 7.97. The average molecular weight is 512 g/mol. The monoisotopic (exact) mass is 511 g/mol. The predicted octanol–water partition coefficient (Wildman–Crippen LogP) is 5.60. The van der Waals surface area contributed by atoms with Crippen LogP contribution < -0.4 is 0 Å². The Morgan fingerprint density at radius 1 is 1.14 bits per heavy atom. The van der Waals surface area contributed by atoms with Gasteiger partial charge in [0.1, 0.15) is 17.5 Å². The number of aliphatic carboxylic acids is 1. The van der Waals surface area contributed by atoms with Crippen molar-refractivity contribution in [2.24, 2.45) is 5.92 Å². The van der Waals surface area contributed by atoms with Crippen LogP contribution in [0.1, 0.15) is 67.1 Å². The van der Waals surface area contributed by atoms with Crippen LogP contribution in [0.2, 0.25) is 0 Å². The Kier molecular flexibility index (Phi) is 6.88. The second-order valence-electron chi connectivity index (χ2n) is 10.2. The number of carboxylic acids is 1. The summed E-state index contributed by atoms with van der Waals surface area (Å²) in [7, 11) is 1.36. The molecule has 1 aliphatic carbocycles. The minimum Gasteiger partial charge on any atom is -0.481 e. The average Bonchev–Trinajstić information content (AvgIpc) is 3.30. The summed E-state index contributed by atoms with van der Waals surface area (Å²) in [5.74, 6) is -1.44. The van der Waals surface area contributed by atoms with Crippen molar-refractivity contribution >= 4 is 23.1 Å². The number of imidazole rings is 1. The fraction of sp³-hybridized carbons (Fsp3) is 0.464. The number of carbonyl (C=O) groups is 2. The first-order valence-corrected chi connectivity index (χ1v) is 12.8. The Morgan fingerprint density at radius 2 is 1.84 bits per heavy atom. The number of hydrogen-bond donors (Lipinski definition) is 1. The second kappa shape index (κ2) is 10.1. The first-order chi connectivity index (χ1) is 17.8. The number of halogens is 2. The van der Waals surface area contributed by atoms with Crippen molar-refractivity contribution in [3.63, 3.8) is 0 Å². The van der Waals surface area contributed by atoms with E-state index in [0.717, 1.165) is 28.0 Å². The van der Waals surface area contributed by atoms with Crippen molar-refractivity contribution in [1.29, 1.82) is 0 Å². The molecule has 0 saturated heterocycles. The molecule has 1 aliphatic heterocycles. The molecular weight excluding hydrogens is 480 g/mol. The van der Waals surface area contributed by atoms with Crippen LogP contribution in [0.3, 0.4) is 0 Å². The molecule has 1 amide bonds. The zero-order valence-electron chi connectivity index (χ0n) is 21.0. The summed E-state index contributed by atoms with van der Waals surface area (Å²) in [6.45, 7) is 2.86. The van der Waals surface area contributed by atoms with Gasteiger partial charge in [-0.3, -0.25) is 4.79 Å². The fourth-order valence-electron chi connectivity index (χ4n) is 5.96. The van der Waals surface area contributed by atoms with Gasteiger partial charge in [0.2, 0.25) is 0 Å². The molecule has 7 nitrogen and oxygen atoms in total. The van der Waals surface area contributed by atoms with Gasteiger partial charge in [0, 0.05) is 29.6 Å². The Hall–Kier alpha value is -3.49. The lowest BCUT2D eigenvalue weighted by atomic mass is 9.81. The van der Waals surface area contributed by atoms with Gasteiger partial charge in [-0.15, -0.1) is 0 Å². The standard InChI is InChI=1S/C28H31F2N3O4/c1-16(14-20-22(29)4-3-5-23(20)30)33-24-11-10-17-12-13-32(28(36)37-2)15-21(17)25(24)31-26(33)18-6-8-19(9-7-18)27(34)35/h3-5,10-11,16,18-19H,6-9,12-15H2,1-2H3,(H,34,35)/t16-,18-,19-/m1/s1. The highest BCUT2D eigenvalue weighted by Crippen LogP contribution is 2.40. The molecule has 0 spiro atoms. The van der Waals surface area contributed by atoms with Crippen LogP contribution >= 0.6 is 0 Å². The minimum absolute atomic E-state index is 0.0341. The maximum absolute atomic E-state index is 14.5. The van der Waals surface area contributed by atoms with Crippen molar-refractivity contribution in [2.75, 3.05) is 13.7 Å². The number of carboxylic acid groups (broad SMARTS) is 1. The lowest BCUT2D eigenvalue weighted by Gasteiger charge is -2.28. The summed E-state index contributed by atoms with van der Waals surface area (Å²) in [5, 5.41) is 9.46. The van der Waals surface area contributed by atoms with Crippen molar-refractivity contribution in [2.45, 2.75) is 64.0 Å². The van der Waals surface area contributed by atoms with Gasteiger partial charge in [-0.25, -0.2) is 18.6 Å². The highest BCUT2D eigenvalue weighted by atomic mass is 19.1. The lowest BCUT2D eigenvalue weighted by Crippen LogP contribution is -2.35. The van der Waals surface area contributed by atoms with Crippen LogP contribution in [0.25, 0.3) is 11.0 Å². The molecule has 1 atom stereocenters. The van der Waals surface area contributed by atoms with Gasteiger partial charge in [0.05, 0.1) is 30.6 Å². The molecular formula is C28H31F2N3O4. The van der Waals surface area contributed by atoms with Gasteiger partial charge < -0.3 is 19.3 Å². The van der Waals surface area contributed by atoms with Gasteiger partial charge >= 0.3 is 12.1 Å². The number of amides is 1. The number of rotatable bonds is 5. The van der Waals surface area contributed by atoms with E-state index in [2.05, 4.69) is 4.57 Å². The number of methoxy groups -OCH3 is 1. The number of nitrogens with zero attached hydrogens (tertiary/aromatic N) is 3. The number of ether oxygens (including phenoxy) is 1. The molecule has 9 heteroatoms. The molecule has 196 valence electrons. The molecule has 0 bridgehead atoms. The Balaban J connectivity index is 1.59. The van der Waals surface area contributed by atoms with E-state index in [4.69, 9.17) is 9.72 Å². The van der Waals surface area contributed by atoms with E-state index in [0.29, 0.717) is 45.2 Å². The molecule has 1 saturated carbocycles. The van der Waals surface area contributed by atoms with Crippen molar-refractivity contribution in [3.05, 3.63) is 64.5 Å². The van der Waals surface area contributed by atoms with Crippen LogP contribution in [0.4, 0.5) is 13.6 Å². The highest BCUT2D eigenvalue weighted by molar-refractivity contribution is 5.82. The number of hydrogen-bond acceptors (Lipinski definition) is 4. The van der Waals surface area contributed by atoms with Gasteiger partial charge in [-0.1, -0.05) is 12.1 Å². The largest absolute Gasteiger partial charge is 0.481 e. The minimum atomic E-state index is -0.771. The zero-order chi connectivity index (χ0) is 26.3. The molecule has 2 aromatic carbocycles. The molecule has 1 fully saturated rings. The van der Waals surface area contributed by atoms with E-state index < -0.39 is 23.7 Å². The number of carbonyl (C=O) groups excluding carboxylic acids is 1. The van der Waals surface area contributed by atoms with E-state index in [1.54, 1.807) is 4.90 Å². The molecule has 0 radical (unpaired) electrons. The van der Waals surface area contributed by atoms with E-state index in [1.807, 2.05) is 19.1 Å². The quantitative estimate of drug-likeness (QED) is 0.482. The summed E-state index contributed by atoms with van der Waals surface area (Å²) >= 11 is 0. The van der Waals surface area contributed by atoms with Gasteiger partial charge in [-0.2, -0.15) is 0 Å². The molecule has 2 heterocycles. The van der Waals surface area contributed by atoms with Crippen LogP contribution in [-0.4, -0.2) is 45.3 Å². The Labute approximate surface area is 214 Å². The van der Waals surface area contributed by atoms with E-state index in [1.165, 1.54) is 25.3 Å². The summed E-state index contributed by atoms with van der Waals surface area (Å²) in [6, 6.07) is 7.65. The summed E-state index contributed by atoms with van der Waals surface area (Å²) in [5.41, 5.74) is 3.74. The smallest absolute Gasteiger partial charge is 0.409 e. The van der Waals surface area contributed by atoms with Gasteiger partial charge in [0.25, 0.3) is 0 Å². The molecule has 3 aromatic rings. The van der Waals surface area contributed by atoms with Crippen LogP contribution in [0, 0.1) is 17.6 Å². The number of fused-ring (bicyclic) bond motifs is 3. The predicted molar refractivity (Wildman–Crippen MR) is 133 cm³/mol. The van der Waals surface area contributed by atoms with E-state index >= 15 is 0 Å². The SMILES string of the molecule is COC(=O)N1CCc2ccc3c(nc([C@H]4CC[C@H](C(=O)O)CC4)n3[C@H](C)Cc3c(F)cccc3F)c2C1. The summed E-state index contributed by atoms with van der Waals surface area (Å²) in [6.07, 6.45) is 2.92. The van der Waals surface area contributed by atoms with E-state index in [-0.39, 0.29) is 29.9 Å². The van der Waals surface area contributed by atoms with Crippen LogP contribution in [0.15, 0.2) is 30.3 Å². The normalized spacial score (nSPS) is 20.5. The van der Waals surface area contributed by atoms with Crippen LogP contribution in [-0.2, 0) is 28.9 Å². The molecule has 2 aliphatic rings. The van der Waals surface area contributed by atoms with Gasteiger partial charge in [0.15, 0.2) is 0 Å². The Bertz CT molecular complexity index is 1330. The zero-order valence-corrected chi connectivity index (χ0v) is 21.0. The fourth-order valence-corrected chi connectivity index (χ4v) is 5.96. The van der Waals surface area contributed by atoms with Crippen molar-refractivity contribution in [1.82, 2.24) is 14.5 Å². The van der Waals surface area contributed by atoms with Gasteiger partial charge in [-0.05, 0) is 69.2 Å². The topological polar surface area (TPSA) is 84.7 Å². The van der Waals surface area contributed by atoms with E-state index in [9.17, 15) is 23.5 Å². The third kappa shape index (κ3) is 4.67. The molecule has 1 aromatic heterocycles. The summed E-state index contributed by atoms with van der Waals surface area (Å²) < 4.78 is 36.1. The third-order valence-corrected chi connectivity index (χ3v) is 7.97. The first-order valence-electron chi connectivity index (χ1n) is 12.8. The second-order valence-corrected chi connectivity index (χ2v) is 10.2. The van der Waals surface area contributed by atoms with Crippen LogP contribution in [0.5, 0.6) is 0 Å². The number of aromatic nitrogens is 2. The maximum Gasteiger partial charge on any atom is 0.409 e. The molecule has 5 rings (SSSR count). The highest BCUT2D eigenvalue weighted by Gasteiger charge is 2.33. The van der Waals surface area contributed by atoms with Crippen molar-refractivity contribution < 1.29 is 28.2 Å². The molecule has 0 unspecified atom stereocenters. The van der Waals surface area contributed by atoms with Crippen molar-refractivity contribution in [3.8, 4) is 0 Å². The summed E-state index contributed by atoms with van der Waals surface area (Å²) in [4.78, 5) is 30.5. The maximum atomic E-state index is 14.5. The Morgan fingerprint density at radius 3 is 2.49 bits per heavy atom. The molecule has 37 heavy (non-hydrogen) atoms. The molecule has 1 N–H and O–H groups in total. The first kappa shape index (κ1) is 25.2. The number of benzene rings is 2. The lowest BCUT2D eigenvalue weighted by molar-refractivity contribution is -0.142.